The van der Waals surface area contributed by atoms with Crippen molar-refractivity contribution < 1.29 is 14.3 Å². The molecule has 1 unspecified atom stereocenters. The van der Waals surface area contributed by atoms with Gasteiger partial charge in [-0.25, -0.2) is 0 Å². The summed E-state index contributed by atoms with van der Waals surface area (Å²) in [6.45, 7) is 1.88. The van der Waals surface area contributed by atoms with Crippen LogP contribution in [0.25, 0.3) is 0 Å². The van der Waals surface area contributed by atoms with Crippen molar-refractivity contribution in [2.45, 2.75) is 19.3 Å². The van der Waals surface area contributed by atoms with Crippen LogP contribution in [0, 0.1) is 17.2 Å². The fourth-order valence-electron chi connectivity index (χ4n) is 2.39. The Balaban J connectivity index is 1.82. The molecule has 112 valence electrons. The average Bonchev–Trinajstić information content (AvgIpc) is 3.05. The summed E-state index contributed by atoms with van der Waals surface area (Å²) < 4.78 is 10.7. The molecule has 0 aliphatic carbocycles. The van der Waals surface area contributed by atoms with Crippen molar-refractivity contribution in [2.75, 3.05) is 26.8 Å². The fraction of sp³-hybridized carbons (Fsp3) is 0.500. The first-order valence-corrected chi connectivity index (χ1v) is 7.20. The summed E-state index contributed by atoms with van der Waals surface area (Å²) in [5.41, 5.74) is 0. The Morgan fingerprint density at radius 1 is 1.38 bits per heavy atom. The zero-order valence-corrected chi connectivity index (χ0v) is 12.2. The molecule has 0 aromatic heterocycles. The normalized spacial score (nSPS) is 15.3. The van der Waals surface area contributed by atoms with Gasteiger partial charge in [0.15, 0.2) is 0 Å². The zero-order valence-electron chi connectivity index (χ0n) is 12.2. The van der Waals surface area contributed by atoms with E-state index in [-0.39, 0.29) is 5.91 Å². The van der Waals surface area contributed by atoms with E-state index in [2.05, 4.69) is 6.07 Å². The minimum atomic E-state index is -0.617. The van der Waals surface area contributed by atoms with Gasteiger partial charge in [0.25, 0.3) is 0 Å². The number of nitrogens with zero attached hydrogens (tertiary/aromatic N) is 2. The van der Waals surface area contributed by atoms with Gasteiger partial charge in [-0.3, -0.25) is 4.79 Å². The third-order valence-corrected chi connectivity index (χ3v) is 3.59. The van der Waals surface area contributed by atoms with Gasteiger partial charge in [0.1, 0.15) is 17.4 Å². The van der Waals surface area contributed by atoms with Crippen LogP contribution in [-0.4, -0.2) is 37.6 Å². The largest absolute Gasteiger partial charge is 0.497 e. The zero-order chi connectivity index (χ0) is 15.1. The topological polar surface area (TPSA) is 62.6 Å². The summed E-state index contributed by atoms with van der Waals surface area (Å²) in [7, 11) is 1.60. The number of nitriles is 1. The molecule has 0 N–H and O–H groups in total. The van der Waals surface area contributed by atoms with E-state index in [9.17, 15) is 4.79 Å². The van der Waals surface area contributed by atoms with Crippen LogP contribution in [0.5, 0.6) is 11.5 Å². The first-order valence-electron chi connectivity index (χ1n) is 7.20. The second-order valence-corrected chi connectivity index (χ2v) is 5.03. The summed E-state index contributed by atoms with van der Waals surface area (Å²) in [6, 6.07) is 9.37. The van der Waals surface area contributed by atoms with Crippen LogP contribution in [0.1, 0.15) is 19.3 Å². The first-order chi connectivity index (χ1) is 10.2. The minimum absolute atomic E-state index is 0.0655. The molecule has 5 nitrogen and oxygen atoms in total. The molecule has 21 heavy (non-hydrogen) atoms. The number of hydrogen-bond donors (Lipinski definition) is 0. The highest BCUT2D eigenvalue weighted by Gasteiger charge is 2.26. The SMILES string of the molecule is COc1cccc(OCCC(C#N)C(=O)N2CCCC2)c1. The van der Waals surface area contributed by atoms with Gasteiger partial charge in [-0.1, -0.05) is 6.07 Å². The highest BCUT2D eigenvalue weighted by Crippen LogP contribution is 2.20. The van der Waals surface area contributed by atoms with E-state index in [1.165, 1.54) is 0 Å². The van der Waals surface area contributed by atoms with Crippen molar-refractivity contribution in [3.63, 3.8) is 0 Å². The lowest BCUT2D eigenvalue weighted by atomic mass is 10.1. The molecule has 2 rings (SSSR count). The van der Waals surface area contributed by atoms with Crippen LogP contribution < -0.4 is 9.47 Å². The Bertz CT molecular complexity index is 518. The van der Waals surface area contributed by atoms with Crippen LogP contribution >= 0.6 is 0 Å². The van der Waals surface area contributed by atoms with Gasteiger partial charge < -0.3 is 14.4 Å². The van der Waals surface area contributed by atoms with E-state index < -0.39 is 5.92 Å². The number of rotatable bonds is 6. The third kappa shape index (κ3) is 4.12. The highest BCUT2D eigenvalue weighted by molar-refractivity contribution is 5.81. The second-order valence-electron chi connectivity index (χ2n) is 5.03. The van der Waals surface area contributed by atoms with Crippen molar-refractivity contribution in [2.24, 2.45) is 5.92 Å². The molecule has 0 radical (unpaired) electrons. The molecule has 1 fully saturated rings. The van der Waals surface area contributed by atoms with E-state index >= 15 is 0 Å². The van der Waals surface area contributed by atoms with Gasteiger partial charge in [-0.2, -0.15) is 5.26 Å². The first kappa shape index (κ1) is 15.2. The second kappa shape index (κ2) is 7.53. The number of hydrogen-bond acceptors (Lipinski definition) is 4. The van der Waals surface area contributed by atoms with Gasteiger partial charge in [0, 0.05) is 25.6 Å². The molecule has 1 atom stereocenters. The molecule has 1 saturated heterocycles. The van der Waals surface area contributed by atoms with Crippen LogP contribution in [0.4, 0.5) is 0 Å². The van der Waals surface area contributed by atoms with Crippen molar-refractivity contribution >= 4 is 5.91 Å². The molecule has 1 aliphatic rings. The summed E-state index contributed by atoms with van der Waals surface area (Å²) in [6.07, 6.45) is 2.47. The lowest BCUT2D eigenvalue weighted by Gasteiger charge is -2.18. The smallest absolute Gasteiger partial charge is 0.240 e. The molecule has 1 aromatic carbocycles. The van der Waals surface area contributed by atoms with Gasteiger partial charge in [0.05, 0.1) is 19.8 Å². The van der Waals surface area contributed by atoms with E-state index in [1.807, 2.05) is 18.2 Å². The molecular weight excluding hydrogens is 268 g/mol. The van der Waals surface area contributed by atoms with Gasteiger partial charge >= 0.3 is 0 Å². The molecule has 5 heteroatoms. The standard InChI is InChI=1S/C16H20N2O3/c1-20-14-5-4-6-15(11-14)21-10-7-13(12-17)16(19)18-8-2-3-9-18/h4-6,11,13H,2-3,7-10H2,1H3. The van der Waals surface area contributed by atoms with E-state index in [0.717, 1.165) is 31.7 Å². The maximum absolute atomic E-state index is 12.1. The van der Waals surface area contributed by atoms with Crippen molar-refractivity contribution in [1.82, 2.24) is 4.90 Å². The molecule has 0 bridgehead atoms. The van der Waals surface area contributed by atoms with E-state index in [4.69, 9.17) is 14.7 Å². The molecule has 1 heterocycles. The van der Waals surface area contributed by atoms with Crippen LogP contribution in [0.15, 0.2) is 24.3 Å². The molecule has 1 amide bonds. The highest BCUT2D eigenvalue weighted by atomic mass is 16.5. The lowest BCUT2D eigenvalue weighted by Crippen LogP contribution is -2.33. The lowest BCUT2D eigenvalue weighted by molar-refractivity contribution is -0.133. The Morgan fingerprint density at radius 3 is 2.76 bits per heavy atom. The number of carbonyl (C=O) groups excluding carboxylic acids is 1. The van der Waals surface area contributed by atoms with Gasteiger partial charge in [-0.15, -0.1) is 0 Å². The van der Waals surface area contributed by atoms with Crippen LogP contribution in [-0.2, 0) is 4.79 Å². The molecule has 0 saturated carbocycles. The number of ether oxygens (including phenoxy) is 2. The number of methoxy groups -OCH3 is 1. The number of carbonyl (C=O) groups is 1. The number of benzene rings is 1. The Morgan fingerprint density at radius 2 is 2.10 bits per heavy atom. The van der Waals surface area contributed by atoms with Crippen LogP contribution in [0.2, 0.25) is 0 Å². The quantitative estimate of drug-likeness (QED) is 0.805. The van der Waals surface area contributed by atoms with E-state index in [1.54, 1.807) is 18.1 Å². The van der Waals surface area contributed by atoms with E-state index in [0.29, 0.717) is 18.8 Å². The average molecular weight is 288 g/mol. The maximum Gasteiger partial charge on any atom is 0.240 e. The number of amides is 1. The molecule has 1 aromatic rings. The predicted molar refractivity (Wildman–Crippen MR) is 78.0 cm³/mol. The van der Waals surface area contributed by atoms with Gasteiger partial charge in [0.2, 0.25) is 5.91 Å². The molecule has 0 spiro atoms. The summed E-state index contributed by atoms with van der Waals surface area (Å²) in [5, 5.41) is 9.16. The minimum Gasteiger partial charge on any atom is -0.497 e. The van der Waals surface area contributed by atoms with Crippen molar-refractivity contribution in [1.29, 1.82) is 5.26 Å². The summed E-state index contributed by atoms with van der Waals surface area (Å²) in [5.74, 6) is 0.718. The van der Waals surface area contributed by atoms with Crippen molar-refractivity contribution in [3.05, 3.63) is 24.3 Å². The Hall–Kier alpha value is -2.22. The molecular formula is C16H20N2O3. The Kier molecular flexibility index (Phi) is 5.44. The molecule has 1 aliphatic heterocycles. The number of likely N-dealkylation sites (tertiary alicyclic amines) is 1. The Labute approximate surface area is 125 Å². The monoisotopic (exact) mass is 288 g/mol. The third-order valence-electron chi connectivity index (χ3n) is 3.59. The van der Waals surface area contributed by atoms with Gasteiger partial charge in [-0.05, 0) is 25.0 Å². The predicted octanol–water partition coefficient (Wildman–Crippen LogP) is 2.23. The van der Waals surface area contributed by atoms with Crippen molar-refractivity contribution in [3.8, 4) is 17.6 Å². The summed E-state index contributed by atoms with van der Waals surface area (Å²) >= 11 is 0. The maximum atomic E-state index is 12.1. The fourth-order valence-corrected chi connectivity index (χ4v) is 2.39. The van der Waals surface area contributed by atoms with Crippen LogP contribution in [0.3, 0.4) is 0 Å². The summed E-state index contributed by atoms with van der Waals surface area (Å²) in [4.78, 5) is 13.9.